The van der Waals surface area contributed by atoms with Crippen LogP contribution in [0, 0.1) is 5.92 Å². The van der Waals surface area contributed by atoms with Crippen LogP contribution >= 0.6 is 39.3 Å². The predicted octanol–water partition coefficient (Wildman–Crippen LogP) is 5.53. The largest absolute Gasteiger partial charge is 0.354 e. The van der Waals surface area contributed by atoms with Gasteiger partial charge >= 0.3 is 0 Å². The summed E-state index contributed by atoms with van der Waals surface area (Å²) in [6.45, 7) is 6.85. The summed E-state index contributed by atoms with van der Waals surface area (Å²) in [5.41, 5.74) is 2.05. The van der Waals surface area contributed by atoms with Crippen molar-refractivity contribution in [2.45, 2.75) is 39.1 Å². The van der Waals surface area contributed by atoms with Gasteiger partial charge in [0.05, 0.1) is 5.75 Å². The average Bonchev–Trinajstić information content (AvgIpc) is 2.71. The van der Waals surface area contributed by atoms with Crippen LogP contribution < -0.4 is 5.32 Å². The Morgan fingerprint density at radius 1 is 1.10 bits per heavy atom. The number of carbonyl (C=O) groups is 2. The highest BCUT2D eigenvalue weighted by Crippen LogP contribution is 2.19. The normalized spacial score (nSPS) is 11.9. The Balaban J connectivity index is 2.05. The molecule has 0 aliphatic carbocycles. The van der Waals surface area contributed by atoms with Crippen LogP contribution in [0.15, 0.2) is 53.0 Å². The highest BCUT2D eigenvalue weighted by atomic mass is 79.9. The maximum atomic E-state index is 13.0. The molecule has 4 nitrogen and oxygen atoms in total. The van der Waals surface area contributed by atoms with Crippen LogP contribution in [0.4, 0.5) is 0 Å². The summed E-state index contributed by atoms with van der Waals surface area (Å²) < 4.78 is 0.976. The predicted molar refractivity (Wildman–Crippen MR) is 130 cm³/mol. The standard InChI is InChI=1S/C23H28BrClN2O2S/c1-16(2)12-26-23(29)17(3)27(13-18-7-9-20(24)10-8-18)22(28)15-30-14-19-5-4-6-21(25)11-19/h4-11,16-17H,12-15H2,1-3H3,(H,26,29)/t17-/m0/s1. The Kier molecular flexibility index (Phi) is 10.2. The highest BCUT2D eigenvalue weighted by Gasteiger charge is 2.26. The van der Waals surface area contributed by atoms with E-state index < -0.39 is 6.04 Å². The first-order chi connectivity index (χ1) is 14.3. The van der Waals surface area contributed by atoms with Crippen LogP contribution in [-0.4, -0.2) is 35.1 Å². The third-order valence-electron chi connectivity index (χ3n) is 4.50. The van der Waals surface area contributed by atoms with E-state index in [0.717, 1.165) is 15.6 Å². The van der Waals surface area contributed by atoms with Crippen LogP contribution in [0.2, 0.25) is 5.02 Å². The molecule has 0 bridgehead atoms. The number of thioether (sulfide) groups is 1. The Hall–Kier alpha value is -1.50. The van der Waals surface area contributed by atoms with Crippen molar-refractivity contribution >= 4 is 51.1 Å². The zero-order chi connectivity index (χ0) is 22.1. The Morgan fingerprint density at radius 2 is 1.80 bits per heavy atom. The molecule has 0 aliphatic rings. The van der Waals surface area contributed by atoms with Crippen LogP contribution in [-0.2, 0) is 21.9 Å². The lowest BCUT2D eigenvalue weighted by Gasteiger charge is -2.29. The molecule has 0 unspecified atom stereocenters. The Morgan fingerprint density at radius 3 is 2.43 bits per heavy atom. The maximum Gasteiger partial charge on any atom is 0.242 e. The van der Waals surface area contributed by atoms with E-state index in [1.807, 2.05) is 62.4 Å². The molecule has 1 atom stereocenters. The molecular formula is C23H28BrClN2O2S. The molecule has 30 heavy (non-hydrogen) atoms. The van der Waals surface area contributed by atoms with E-state index >= 15 is 0 Å². The maximum absolute atomic E-state index is 13.0. The minimum absolute atomic E-state index is 0.0582. The monoisotopic (exact) mass is 510 g/mol. The van der Waals surface area contributed by atoms with Crippen LogP contribution in [0.3, 0.4) is 0 Å². The summed E-state index contributed by atoms with van der Waals surface area (Å²) in [5.74, 6) is 1.15. The third-order valence-corrected chi connectivity index (χ3v) is 6.25. The first kappa shape index (κ1) is 24.8. The topological polar surface area (TPSA) is 49.4 Å². The lowest BCUT2D eigenvalue weighted by molar-refractivity contribution is -0.138. The van der Waals surface area contributed by atoms with Crippen LogP contribution in [0.5, 0.6) is 0 Å². The Labute approximate surface area is 196 Å². The van der Waals surface area contributed by atoms with Gasteiger partial charge in [-0.25, -0.2) is 0 Å². The number of halogens is 2. The second kappa shape index (κ2) is 12.4. The molecule has 0 fully saturated rings. The van der Waals surface area contributed by atoms with E-state index in [4.69, 9.17) is 11.6 Å². The second-order valence-electron chi connectivity index (χ2n) is 7.59. The van der Waals surface area contributed by atoms with E-state index in [1.165, 1.54) is 11.8 Å². The number of benzene rings is 2. The van der Waals surface area contributed by atoms with Crippen molar-refractivity contribution in [2.24, 2.45) is 5.92 Å². The first-order valence-electron chi connectivity index (χ1n) is 9.90. The van der Waals surface area contributed by atoms with Crippen LogP contribution in [0.1, 0.15) is 31.9 Å². The van der Waals surface area contributed by atoms with E-state index in [9.17, 15) is 9.59 Å². The van der Waals surface area contributed by atoms with Crippen molar-refractivity contribution in [1.29, 1.82) is 0 Å². The summed E-state index contributed by atoms with van der Waals surface area (Å²) in [6.07, 6.45) is 0. The van der Waals surface area contributed by atoms with Gasteiger partial charge in [0.1, 0.15) is 6.04 Å². The van der Waals surface area contributed by atoms with E-state index in [-0.39, 0.29) is 11.8 Å². The molecule has 2 rings (SSSR count). The number of amides is 2. The van der Waals surface area contributed by atoms with Gasteiger partial charge < -0.3 is 10.2 Å². The van der Waals surface area contributed by atoms with Gasteiger partial charge in [-0.2, -0.15) is 0 Å². The molecule has 0 saturated carbocycles. The summed E-state index contributed by atoms with van der Waals surface area (Å²) >= 11 is 11.0. The quantitative estimate of drug-likeness (QED) is 0.456. The molecule has 0 spiro atoms. The number of nitrogens with zero attached hydrogens (tertiary/aromatic N) is 1. The molecule has 162 valence electrons. The molecule has 0 heterocycles. The van der Waals surface area contributed by atoms with Gasteiger partial charge in [0.15, 0.2) is 0 Å². The molecule has 0 saturated heterocycles. The summed E-state index contributed by atoms with van der Waals surface area (Å²) in [5, 5.41) is 3.63. The lowest BCUT2D eigenvalue weighted by atomic mass is 10.1. The SMILES string of the molecule is CC(C)CNC(=O)[C@H](C)N(Cc1ccc(Br)cc1)C(=O)CSCc1cccc(Cl)c1. The van der Waals surface area contributed by atoms with Gasteiger partial charge in [-0.15, -0.1) is 11.8 Å². The van der Waals surface area contributed by atoms with Gasteiger partial charge in [-0.1, -0.05) is 65.6 Å². The second-order valence-corrected chi connectivity index (χ2v) is 9.92. The molecule has 1 N–H and O–H groups in total. The minimum atomic E-state index is -0.549. The van der Waals surface area contributed by atoms with Crippen molar-refractivity contribution in [3.05, 3.63) is 69.2 Å². The molecule has 2 aromatic carbocycles. The molecule has 0 radical (unpaired) electrons. The van der Waals surface area contributed by atoms with Gasteiger partial charge in [0.2, 0.25) is 11.8 Å². The molecule has 2 aromatic rings. The van der Waals surface area contributed by atoms with Gasteiger partial charge in [0.25, 0.3) is 0 Å². The molecule has 2 amide bonds. The fraction of sp³-hybridized carbons (Fsp3) is 0.391. The van der Waals surface area contributed by atoms with E-state index in [2.05, 4.69) is 21.2 Å². The van der Waals surface area contributed by atoms with Crippen molar-refractivity contribution in [3.8, 4) is 0 Å². The van der Waals surface area contributed by atoms with Crippen molar-refractivity contribution < 1.29 is 9.59 Å². The van der Waals surface area contributed by atoms with Gasteiger partial charge in [-0.05, 0) is 48.2 Å². The average molecular weight is 512 g/mol. The van der Waals surface area contributed by atoms with Crippen molar-refractivity contribution in [3.63, 3.8) is 0 Å². The number of hydrogen-bond donors (Lipinski definition) is 1. The fourth-order valence-corrected chi connectivity index (χ4v) is 4.12. The number of nitrogens with one attached hydrogen (secondary N) is 1. The zero-order valence-corrected chi connectivity index (χ0v) is 20.7. The van der Waals surface area contributed by atoms with Gasteiger partial charge in [-0.3, -0.25) is 9.59 Å². The first-order valence-corrected chi connectivity index (χ1v) is 12.2. The van der Waals surface area contributed by atoms with Crippen LogP contribution in [0.25, 0.3) is 0 Å². The lowest BCUT2D eigenvalue weighted by Crippen LogP contribution is -2.48. The summed E-state index contributed by atoms with van der Waals surface area (Å²) in [6, 6.07) is 14.9. The number of carbonyl (C=O) groups excluding carboxylic acids is 2. The van der Waals surface area contributed by atoms with E-state index in [0.29, 0.717) is 35.5 Å². The molecule has 0 aliphatic heterocycles. The number of rotatable bonds is 10. The third kappa shape index (κ3) is 8.32. The molecular weight excluding hydrogens is 484 g/mol. The number of hydrogen-bond acceptors (Lipinski definition) is 3. The summed E-state index contributed by atoms with van der Waals surface area (Å²) in [7, 11) is 0. The smallest absolute Gasteiger partial charge is 0.242 e. The molecule has 0 aromatic heterocycles. The molecule has 7 heteroatoms. The van der Waals surface area contributed by atoms with Gasteiger partial charge in [0, 0.05) is 28.3 Å². The fourth-order valence-electron chi connectivity index (χ4n) is 2.79. The zero-order valence-electron chi connectivity index (χ0n) is 17.5. The van der Waals surface area contributed by atoms with Crippen molar-refractivity contribution in [2.75, 3.05) is 12.3 Å². The summed E-state index contributed by atoms with van der Waals surface area (Å²) in [4.78, 5) is 27.3. The minimum Gasteiger partial charge on any atom is -0.354 e. The van der Waals surface area contributed by atoms with Crippen molar-refractivity contribution in [1.82, 2.24) is 10.2 Å². The van der Waals surface area contributed by atoms with E-state index in [1.54, 1.807) is 11.8 Å². The highest BCUT2D eigenvalue weighted by molar-refractivity contribution is 9.10. The Bertz CT molecular complexity index is 845.